The number of nitrogens with zero attached hydrogens (tertiary/aromatic N) is 1. The van der Waals surface area contributed by atoms with Gasteiger partial charge in [0.2, 0.25) is 0 Å². The van der Waals surface area contributed by atoms with Gasteiger partial charge in [0.15, 0.2) is 0 Å². The third kappa shape index (κ3) is 1.96. The molecule has 2 aliphatic carbocycles. The zero-order chi connectivity index (χ0) is 14.4. The molecular formula is C18H23NO. The van der Waals surface area contributed by atoms with Crippen molar-refractivity contribution in [3.8, 4) is 6.07 Å². The molecule has 0 spiro atoms. The Bertz CT molecular complexity index is 522. The first-order valence-electron chi connectivity index (χ1n) is 7.68. The normalized spacial score (nSPS) is 35.3. The van der Waals surface area contributed by atoms with E-state index in [0.717, 1.165) is 19.3 Å². The fourth-order valence-corrected chi connectivity index (χ4v) is 4.61. The zero-order valence-electron chi connectivity index (χ0n) is 12.4. The molecule has 3 rings (SSSR count). The van der Waals surface area contributed by atoms with Gasteiger partial charge in [0.25, 0.3) is 0 Å². The second-order valence-electron chi connectivity index (χ2n) is 7.20. The van der Waals surface area contributed by atoms with Gasteiger partial charge in [0, 0.05) is 0 Å². The predicted molar refractivity (Wildman–Crippen MR) is 79.0 cm³/mol. The molecule has 2 heteroatoms. The SMILES string of the molecule is CC1CC(C)CC(O)(C2(C#N)Cc3ccccc3C2)C1. The third-order valence-electron chi connectivity index (χ3n) is 5.38. The minimum atomic E-state index is -0.835. The third-order valence-corrected chi connectivity index (χ3v) is 5.38. The number of hydrogen-bond donors (Lipinski definition) is 1. The highest BCUT2D eigenvalue weighted by atomic mass is 16.3. The lowest BCUT2D eigenvalue weighted by Crippen LogP contribution is -2.52. The van der Waals surface area contributed by atoms with Crippen LogP contribution in [0.1, 0.15) is 44.2 Å². The van der Waals surface area contributed by atoms with Crippen molar-refractivity contribution in [1.29, 1.82) is 5.26 Å². The molecule has 0 heterocycles. The minimum Gasteiger partial charge on any atom is -0.388 e. The molecule has 106 valence electrons. The maximum absolute atomic E-state index is 11.3. The Kier molecular flexibility index (Phi) is 3.14. The summed E-state index contributed by atoms with van der Waals surface area (Å²) in [7, 11) is 0. The van der Waals surface area contributed by atoms with Gasteiger partial charge in [-0.1, -0.05) is 38.1 Å². The molecule has 0 saturated heterocycles. The van der Waals surface area contributed by atoms with E-state index in [0.29, 0.717) is 24.7 Å². The average molecular weight is 269 g/mol. The highest BCUT2D eigenvalue weighted by Gasteiger charge is 2.55. The summed E-state index contributed by atoms with van der Waals surface area (Å²) >= 11 is 0. The number of benzene rings is 1. The summed E-state index contributed by atoms with van der Waals surface area (Å²) in [5, 5.41) is 21.2. The van der Waals surface area contributed by atoms with Crippen molar-refractivity contribution in [3.05, 3.63) is 35.4 Å². The summed E-state index contributed by atoms with van der Waals surface area (Å²) in [6.45, 7) is 4.40. The molecule has 2 atom stereocenters. The van der Waals surface area contributed by atoms with Crippen LogP contribution in [0.4, 0.5) is 0 Å². The van der Waals surface area contributed by atoms with Gasteiger partial charge in [-0.25, -0.2) is 0 Å². The van der Waals surface area contributed by atoms with Gasteiger partial charge in [-0.05, 0) is 55.1 Å². The quantitative estimate of drug-likeness (QED) is 0.848. The van der Waals surface area contributed by atoms with Crippen LogP contribution in [-0.4, -0.2) is 10.7 Å². The van der Waals surface area contributed by atoms with Crippen LogP contribution < -0.4 is 0 Å². The molecule has 2 unspecified atom stereocenters. The van der Waals surface area contributed by atoms with Crippen LogP contribution >= 0.6 is 0 Å². The number of fused-ring (bicyclic) bond motifs is 1. The van der Waals surface area contributed by atoms with Crippen LogP contribution in [-0.2, 0) is 12.8 Å². The second-order valence-corrected chi connectivity index (χ2v) is 7.20. The van der Waals surface area contributed by atoms with E-state index in [1.807, 2.05) is 12.1 Å². The summed E-state index contributed by atoms with van der Waals surface area (Å²) in [6.07, 6.45) is 4.10. The van der Waals surface area contributed by atoms with Gasteiger partial charge in [0.1, 0.15) is 0 Å². The second kappa shape index (κ2) is 4.60. The lowest BCUT2D eigenvalue weighted by molar-refractivity contribution is -0.104. The van der Waals surface area contributed by atoms with Crippen molar-refractivity contribution in [3.63, 3.8) is 0 Å². The lowest BCUT2D eigenvalue weighted by Gasteiger charge is -2.47. The molecular weight excluding hydrogens is 246 g/mol. The summed E-state index contributed by atoms with van der Waals surface area (Å²) in [5.41, 5.74) is 1.03. The first-order chi connectivity index (χ1) is 9.48. The standard InChI is InChI=1S/C18H23NO/c1-13-7-14(2)9-18(20,8-13)17(12-19)10-15-5-3-4-6-16(15)11-17/h3-6,13-14,20H,7-11H2,1-2H3. The molecule has 1 aromatic carbocycles. The van der Waals surface area contributed by atoms with Crippen molar-refractivity contribution in [2.75, 3.05) is 0 Å². The molecule has 0 radical (unpaired) electrons. The molecule has 0 bridgehead atoms. The molecule has 1 saturated carbocycles. The maximum Gasteiger partial charge on any atom is 0.0940 e. The fourth-order valence-electron chi connectivity index (χ4n) is 4.61. The van der Waals surface area contributed by atoms with Crippen molar-refractivity contribution < 1.29 is 5.11 Å². The van der Waals surface area contributed by atoms with E-state index in [-0.39, 0.29) is 0 Å². The van der Waals surface area contributed by atoms with E-state index >= 15 is 0 Å². The Morgan fingerprint density at radius 1 is 1.10 bits per heavy atom. The zero-order valence-corrected chi connectivity index (χ0v) is 12.4. The van der Waals surface area contributed by atoms with E-state index in [2.05, 4.69) is 32.0 Å². The number of hydrogen-bond acceptors (Lipinski definition) is 2. The maximum atomic E-state index is 11.3. The Balaban J connectivity index is 1.97. The number of nitriles is 1. The summed E-state index contributed by atoms with van der Waals surface area (Å²) < 4.78 is 0. The van der Waals surface area contributed by atoms with Crippen LogP contribution in [0.25, 0.3) is 0 Å². The van der Waals surface area contributed by atoms with Gasteiger partial charge in [-0.2, -0.15) is 5.26 Å². The van der Waals surface area contributed by atoms with Crippen molar-refractivity contribution in [2.24, 2.45) is 17.3 Å². The van der Waals surface area contributed by atoms with Crippen LogP contribution in [0.2, 0.25) is 0 Å². The highest BCUT2D eigenvalue weighted by Crippen LogP contribution is 2.52. The van der Waals surface area contributed by atoms with Crippen molar-refractivity contribution >= 4 is 0 Å². The van der Waals surface area contributed by atoms with Gasteiger partial charge in [0.05, 0.1) is 17.1 Å². The molecule has 20 heavy (non-hydrogen) atoms. The molecule has 0 aliphatic heterocycles. The summed E-state index contributed by atoms with van der Waals surface area (Å²) in [5.74, 6) is 0.996. The fraction of sp³-hybridized carbons (Fsp3) is 0.611. The van der Waals surface area contributed by atoms with Gasteiger partial charge in [-0.15, -0.1) is 0 Å². The Morgan fingerprint density at radius 2 is 1.60 bits per heavy atom. The van der Waals surface area contributed by atoms with Crippen LogP contribution in [0.3, 0.4) is 0 Å². The van der Waals surface area contributed by atoms with Crippen molar-refractivity contribution in [1.82, 2.24) is 0 Å². The van der Waals surface area contributed by atoms with E-state index in [9.17, 15) is 10.4 Å². The molecule has 1 N–H and O–H groups in total. The minimum absolute atomic E-state index is 0.498. The topological polar surface area (TPSA) is 44.0 Å². The first-order valence-corrected chi connectivity index (χ1v) is 7.68. The van der Waals surface area contributed by atoms with E-state index < -0.39 is 11.0 Å². The van der Waals surface area contributed by atoms with Crippen LogP contribution in [0.15, 0.2) is 24.3 Å². The Hall–Kier alpha value is -1.33. The highest BCUT2D eigenvalue weighted by molar-refractivity contribution is 5.39. The van der Waals surface area contributed by atoms with Crippen LogP contribution in [0.5, 0.6) is 0 Å². The van der Waals surface area contributed by atoms with E-state index in [4.69, 9.17) is 0 Å². The number of aliphatic hydroxyl groups is 1. The number of rotatable bonds is 1. The van der Waals surface area contributed by atoms with Gasteiger partial charge >= 0.3 is 0 Å². The Labute approximate surface area is 121 Å². The lowest BCUT2D eigenvalue weighted by atomic mass is 9.60. The molecule has 0 amide bonds. The van der Waals surface area contributed by atoms with Crippen molar-refractivity contribution in [2.45, 2.75) is 51.6 Å². The largest absolute Gasteiger partial charge is 0.388 e. The van der Waals surface area contributed by atoms with Gasteiger partial charge < -0.3 is 5.11 Å². The molecule has 2 nitrogen and oxygen atoms in total. The Morgan fingerprint density at radius 3 is 2.05 bits per heavy atom. The molecule has 2 aliphatic rings. The molecule has 1 fully saturated rings. The summed E-state index contributed by atoms with van der Waals surface area (Å²) in [4.78, 5) is 0. The monoisotopic (exact) mass is 269 g/mol. The van der Waals surface area contributed by atoms with E-state index in [1.165, 1.54) is 11.1 Å². The smallest absolute Gasteiger partial charge is 0.0940 e. The van der Waals surface area contributed by atoms with Gasteiger partial charge in [-0.3, -0.25) is 0 Å². The van der Waals surface area contributed by atoms with E-state index in [1.54, 1.807) is 0 Å². The molecule has 0 aromatic heterocycles. The summed E-state index contributed by atoms with van der Waals surface area (Å²) in [6, 6.07) is 10.8. The average Bonchev–Trinajstić information content (AvgIpc) is 2.77. The first kappa shape index (κ1) is 13.6. The molecule has 1 aromatic rings. The predicted octanol–water partition coefficient (Wildman–Crippen LogP) is 3.48. The van der Waals surface area contributed by atoms with Crippen LogP contribution in [0, 0.1) is 28.6 Å².